The van der Waals surface area contributed by atoms with Gasteiger partial charge in [-0.25, -0.2) is 25.4 Å². The average Bonchev–Trinajstić information content (AvgIpc) is 2.89. The number of rotatable bonds is 10. The molecule has 0 aliphatic rings. The van der Waals surface area contributed by atoms with E-state index in [-0.39, 0.29) is 26.3 Å². The molecular formula is C27H49ClN4O6S2. The molecule has 10 nitrogen and oxygen atoms in total. The van der Waals surface area contributed by atoms with Crippen molar-refractivity contribution in [2.75, 3.05) is 52.5 Å². The molecule has 0 saturated heterocycles. The molecule has 0 aromatic heterocycles. The summed E-state index contributed by atoms with van der Waals surface area (Å²) in [6.45, 7) is 3.86. The monoisotopic (exact) mass is 628 g/mol. The van der Waals surface area contributed by atoms with Gasteiger partial charge in [0.2, 0.25) is 31.2 Å². The van der Waals surface area contributed by atoms with Crippen LogP contribution in [0.2, 0.25) is 0 Å². The number of benzene rings is 2. The first-order chi connectivity index (χ1) is 18.1. The highest BCUT2D eigenvalue weighted by molar-refractivity contribution is 7.89. The van der Waals surface area contributed by atoms with E-state index in [1.165, 1.54) is 49.5 Å². The lowest BCUT2D eigenvalue weighted by molar-refractivity contribution is -0.118. The first-order valence-electron chi connectivity index (χ1n) is 12.2. The molecule has 0 radical (unpaired) electrons. The number of halogens is 1. The minimum absolute atomic E-state index is 0. The number of hydrogen-bond donors (Lipinski definition) is 1. The molecular weight excluding hydrogens is 576 g/mol. The number of nitrogens with one attached hydrogen (secondary N) is 1. The maximum atomic E-state index is 11.9. The molecule has 0 aliphatic carbocycles. The number of nitrogens with zero attached hydrogens (tertiary/aromatic N) is 3. The van der Waals surface area contributed by atoms with Crippen LogP contribution in [0.1, 0.15) is 49.8 Å². The highest BCUT2D eigenvalue weighted by Gasteiger charge is 2.18. The van der Waals surface area contributed by atoms with Crippen LogP contribution in [0.3, 0.4) is 0 Å². The van der Waals surface area contributed by atoms with Crippen molar-refractivity contribution in [2.45, 2.75) is 56.7 Å². The Morgan fingerprint density at radius 1 is 0.750 bits per heavy atom. The number of sulfonamides is 2. The smallest absolute Gasteiger partial charge is 0.242 e. The van der Waals surface area contributed by atoms with Crippen LogP contribution >= 0.6 is 11.6 Å². The van der Waals surface area contributed by atoms with Crippen LogP contribution in [0.15, 0.2) is 58.3 Å². The normalized spacial score (nSPS) is 10.9. The average molecular weight is 629 g/mol. The molecule has 2 aromatic carbocycles. The quantitative estimate of drug-likeness (QED) is 0.351. The summed E-state index contributed by atoms with van der Waals surface area (Å²) >= 11 is 4.94. The lowest BCUT2D eigenvalue weighted by atomic mass is 10.2. The van der Waals surface area contributed by atoms with E-state index in [0.717, 1.165) is 22.8 Å². The van der Waals surface area contributed by atoms with Gasteiger partial charge in [-0.05, 0) is 73.0 Å². The second kappa shape index (κ2) is 18.8. The van der Waals surface area contributed by atoms with Crippen molar-refractivity contribution in [1.29, 1.82) is 0 Å². The van der Waals surface area contributed by atoms with Gasteiger partial charge in [0.25, 0.3) is 0 Å². The minimum Gasteiger partial charge on any atom is -0.388 e. The zero-order chi connectivity index (χ0) is 30.4. The number of carbonyl (C=O) groups excluding carboxylic acids is 2. The van der Waals surface area contributed by atoms with Gasteiger partial charge in [0.05, 0.1) is 9.79 Å². The summed E-state index contributed by atoms with van der Waals surface area (Å²) in [4.78, 5) is 23.6. The number of amides is 1. The van der Waals surface area contributed by atoms with Crippen LogP contribution in [0.4, 0.5) is 11.4 Å². The molecule has 1 N–H and O–H groups in total. The fourth-order valence-corrected chi connectivity index (χ4v) is 4.77. The van der Waals surface area contributed by atoms with Crippen LogP contribution in [-0.2, 0) is 29.6 Å². The van der Waals surface area contributed by atoms with Crippen LogP contribution < -0.4 is 10.2 Å². The molecule has 2 aromatic rings. The Morgan fingerprint density at radius 2 is 1.12 bits per heavy atom. The van der Waals surface area contributed by atoms with Gasteiger partial charge < -0.3 is 10.2 Å². The van der Waals surface area contributed by atoms with Gasteiger partial charge in [-0.1, -0.05) is 21.3 Å². The molecule has 0 atom stereocenters. The van der Waals surface area contributed by atoms with Crippen molar-refractivity contribution in [3.63, 3.8) is 0 Å². The molecule has 0 spiro atoms. The van der Waals surface area contributed by atoms with Crippen molar-refractivity contribution in [2.24, 2.45) is 0 Å². The summed E-state index contributed by atoms with van der Waals surface area (Å²) in [6, 6.07) is 12.9. The predicted octanol–water partition coefficient (Wildman–Crippen LogP) is 5.36. The maximum Gasteiger partial charge on any atom is 0.242 e. The lowest BCUT2D eigenvalue weighted by Gasteiger charge is -2.18. The van der Waals surface area contributed by atoms with Crippen LogP contribution in [0, 0.1) is 0 Å². The Labute approximate surface area is 249 Å². The third-order valence-electron chi connectivity index (χ3n) is 5.21. The first kappa shape index (κ1) is 39.6. The van der Waals surface area contributed by atoms with Crippen LogP contribution in [0.5, 0.6) is 0 Å². The summed E-state index contributed by atoms with van der Waals surface area (Å²) in [5.74, 6) is 0.0192. The van der Waals surface area contributed by atoms with Crippen LogP contribution in [-0.4, -0.2) is 78.9 Å². The molecule has 0 fully saturated rings. The van der Waals surface area contributed by atoms with Gasteiger partial charge in [0.15, 0.2) is 0 Å². The van der Waals surface area contributed by atoms with Gasteiger partial charge in [-0.15, -0.1) is 0 Å². The SMILES string of the molecule is C.CCCC(=O)Cl.CCCC(=O)N(C)c1ccc(S(=O)(=O)N(C)C)cc1.CNc1ccc(S(=O)(=O)N(C)C)cc1.[3HH].[3HH]. The Balaban J connectivity index is -0.000000278. The topological polar surface area (TPSA) is 124 Å². The molecule has 0 heterocycles. The fraction of sp³-hybridized carbons (Fsp3) is 0.481. The van der Waals surface area contributed by atoms with E-state index in [9.17, 15) is 26.4 Å². The molecule has 0 aliphatic heterocycles. The lowest BCUT2D eigenvalue weighted by Crippen LogP contribution is -2.26. The van der Waals surface area contributed by atoms with Gasteiger partial charge in [0.1, 0.15) is 0 Å². The van der Waals surface area contributed by atoms with E-state index < -0.39 is 20.0 Å². The summed E-state index contributed by atoms with van der Waals surface area (Å²) in [6.07, 6.45) is 2.62. The Bertz CT molecular complexity index is 1260. The second-order valence-corrected chi connectivity index (χ2v) is 13.4. The van der Waals surface area contributed by atoms with Crippen molar-refractivity contribution in [1.82, 2.24) is 8.61 Å². The predicted molar refractivity (Wildman–Crippen MR) is 169 cm³/mol. The molecule has 232 valence electrons. The summed E-state index contributed by atoms with van der Waals surface area (Å²) < 4.78 is 49.4. The van der Waals surface area contributed by atoms with Crippen molar-refractivity contribution in [3.05, 3.63) is 48.5 Å². The van der Waals surface area contributed by atoms with Crippen LogP contribution in [0.25, 0.3) is 0 Å². The summed E-state index contributed by atoms with van der Waals surface area (Å²) in [5.41, 5.74) is 1.58. The Kier molecular flexibility index (Phi) is 18.6. The first-order valence-corrected chi connectivity index (χ1v) is 15.5. The summed E-state index contributed by atoms with van der Waals surface area (Å²) in [5, 5.41) is 2.69. The number of anilines is 2. The Hall–Kier alpha value is -2.51. The van der Waals surface area contributed by atoms with E-state index in [0.29, 0.717) is 23.4 Å². The van der Waals surface area contributed by atoms with Crippen molar-refractivity contribution in [3.8, 4) is 0 Å². The largest absolute Gasteiger partial charge is 0.388 e. The van der Waals surface area contributed by atoms with Gasteiger partial charge in [0, 0.05) is 69.4 Å². The number of hydrogen-bond acceptors (Lipinski definition) is 7. The maximum absolute atomic E-state index is 11.9. The summed E-state index contributed by atoms with van der Waals surface area (Å²) in [7, 11) is 2.76. The number of carbonyl (C=O) groups is 2. The second-order valence-electron chi connectivity index (χ2n) is 8.65. The molecule has 2 rings (SSSR count). The van der Waals surface area contributed by atoms with Gasteiger partial charge in [-0.3, -0.25) is 9.59 Å². The fourth-order valence-electron chi connectivity index (χ4n) is 2.78. The van der Waals surface area contributed by atoms with E-state index in [1.54, 1.807) is 50.5 Å². The molecule has 40 heavy (non-hydrogen) atoms. The molecule has 13 heteroatoms. The zero-order valence-corrected chi connectivity index (χ0v) is 26.3. The third kappa shape index (κ3) is 12.8. The van der Waals surface area contributed by atoms with E-state index in [2.05, 4.69) is 5.32 Å². The Morgan fingerprint density at radius 3 is 1.40 bits per heavy atom. The standard InChI is InChI=1S/C13H20N2O3S.C9H14N2O2S.C4H7ClO.CH4.2H2/c1-5-6-13(16)15(4)11-7-9-12(10-8-11)19(17,18)14(2)3;1-10-8-4-6-9(7-5-8)14(12,13)11(2)3;1-2-3-4(5)6;;;/h7-10H,5-6H2,1-4H3;4-7,10H,1-3H3;2-3H2,1H3;1H4;2*1H/i;;;;2*1+2. The van der Waals surface area contributed by atoms with Gasteiger partial charge in [-0.2, -0.15) is 0 Å². The minimum atomic E-state index is -3.42. The highest BCUT2D eigenvalue weighted by atomic mass is 35.5. The van der Waals surface area contributed by atoms with E-state index in [4.69, 9.17) is 11.6 Å². The van der Waals surface area contributed by atoms with E-state index >= 15 is 0 Å². The molecule has 0 unspecified atom stereocenters. The van der Waals surface area contributed by atoms with Crippen molar-refractivity contribution >= 4 is 54.2 Å². The molecule has 0 saturated carbocycles. The van der Waals surface area contributed by atoms with Gasteiger partial charge >= 0.3 is 0 Å². The highest BCUT2D eigenvalue weighted by Crippen LogP contribution is 2.19. The molecule has 1 amide bonds. The third-order valence-corrected chi connectivity index (χ3v) is 9.06. The zero-order valence-electron chi connectivity index (χ0n) is 23.9. The molecule has 0 bridgehead atoms. The van der Waals surface area contributed by atoms with Crippen molar-refractivity contribution < 1.29 is 29.3 Å². The van der Waals surface area contributed by atoms with E-state index in [1.807, 2.05) is 13.8 Å².